The van der Waals surface area contributed by atoms with Crippen LogP contribution in [0.3, 0.4) is 0 Å². The van der Waals surface area contributed by atoms with Crippen molar-refractivity contribution in [3.63, 3.8) is 0 Å². The first-order valence-corrected chi connectivity index (χ1v) is 7.64. The summed E-state index contributed by atoms with van der Waals surface area (Å²) in [6.45, 7) is 0. The van der Waals surface area contributed by atoms with E-state index in [1.54, 1.807) is 12.4 Å². The van der Waals surface area contributed by atoms with Gasteiger partial charge in [-0.2, -0.15) is 0 Å². The van der Waals surface area contributed by atoms with Gasteiger partial charge in [-0.15, -0.1) is 0 Å². The second-order valence-corrected chi connectivity index (χ2v) is 6.31. The summed E-state index contributed by atoms with van der Waals surface area (Å²) < 4.78 is 0. The van der Waals surface area contributed by atoms with Crippen molar-refractivity contribution >= 4 is 23.0 Å². The Morgan fingerprint density at radius 1 is 1.30 bits per heavy atom. The van der Waals surface area contributed by atoms with E-state index in [0.29, 0.717) is 23.8 Å². The molecule has 0 radical (unpaired) electrons. The lowest BCUT2D eigenvalue weighted by atomic mass is 9.82. The molecule has 0 saturated carbocycles. The summed E-state index contributed by atoms with van der Waals surface area (Å²) in [6.07, 6.45) is 9.74. The van der Waals surface area contributed by atoms with E-state index >= 15 is 0 Å². The highest BCUT2D eigenvalue weighted by molar-refractivity contribution is 7.80. The molecule has 1 aromatic heterocycles. The molecule has 20 heavy (non-hydrogen) atoms. The van der Waals surface area contributed by atoms with Crippen LogP contribution in [-0.4, -0.2) is 45.0 Å². The summed E-state index contributed by atoms with van der Waals surface area (Å²) >= 11 is 4.88. The normalized spacial score (nSPS) is 29.9. The van der Waals surface area contributed by atoms with E-state index in [4.69, 9.17) is 18.0 Å². The summed E-state index contributed by atoms with van der Waals surface area (Å²) in [5, 5.41) is 3.51. The lowest BCUT2D eigenvalue weighted by molar-refractivity contribution is 0.0608. The number of thiocarbonyl (C=S) groups is 1. The third-order valence-corrected chi connectivity index (χ3v) is 4.81. The van der Waals surface area contributed by atoms with Crippen LogP contribution in [0.15, 0.2) is 12.4 Å². The number of nitrogens with zero attached hydrogens (tertiary/aromatic N) is 3. The topological polar surface area (TPSA) is 67.1 Å². The number of nitrogens with one attached hydrogen (secondary N) is 1. The summed E-state index contributed by atoms with van der Waals surface area (Å²) in [6, 6.07) is 1.92. The minimum absolute atomic E-state index is 0.290. The fourth-order valence-electron chi connectivity index (χ4n) is 3.47. The Labute approximate surface area is 125 Å². The van der Waals surface area contributed by atoms with Crippen molar-refractivity contribution in [3.05, 3.63) is 18.1 Å². The Morgan fingerprint density at radius 2 is 2.00 bits per heavy atom. The minimum atomic E-state index is 0.290. The predicted octanol–water partition coefficient (Wildman–Crippen LogP) is 1.54. The number of fused-ring (bicyclic) bond motifs is 2. The molecule has 1 aromatic rings. The highest BCUT2D eigenvalue weighted by Gasteiger charge is 2.35. The third-order valence-electron chi connectivity index (χ3n) is 4.60. The molecule has 3 heterocycles. The molecule has 2 fully saturated rings. The summed E-state index contributed by atoms with van der Waals surface area (Å²) in [5.74, 6) is 0.817. The third kappa shape index (κ3) is 2.76. The molecule has 5 nitrogen and oxygen atoms in total. The first kappa shape index (κ1) is 13.7. The molecule has 0 amide bonds. The van der Waals surface area contributed by atoms with Crippen molar-refractivity contribution < 1.29 is 0 Å². The van der Waals surface area contributed by atoms with E-state index in [1.807, 2.05) is 0 Å². The Hall–Kier alpha value is -1.27. The van der Waals surface area contributed by atoms with E-state index in [9.17, 15) is 0 Å². The fraction of sp³-hybridized carbons (Fsp3) is 0.643. The van der Waals surface area contributed by atoms with Gasteiger partial charge in [0.2, 0.25) is 0 Å². The fourth-order valence-corrected chi connectivity index (χ4v) is 3.58. The van der Waals surface area contributed by atoms with E-state index in [0.717, 1.165) is 5.82 Å². The largest absolute Gasteiger partial charge is 0.388 e. The molecule has 2 aliphatic rings. The van der Waals surface area contributed by atoms with Crippen LogP contribution in [0, 0.1) is 0 Å². The van der Waals surface area contributed by atoms with Gasteiger partial charge in [-0.25, -0.2) is 9.97 Å². The lowest BCUT2D eigenvalue weighted by Gasteiger charge is -2.47. The Kier molecular flexibility index (Phi) is 3.85. The van der Waals surface area contributed by atoms with Gasteiger partial charge in [0, 0.05) is 18.1 Å². The highest BCUT2D eigenvalue weighted by atomic mass is 32.1. The van der Waals surface area contributed by atoms with Gasteiger partial charge in [0.05, 0.1) is 12.4 Å². The quantitative estimate of drug-likeness (QED) is 0.824. The summed E-state index contributed by atoms with van der Waals surface area (Å²) in [4.78, 5) is 11.4. The van der Waals surface area contributed by atoms with Gasteiger partial charge in [0.1, 0.15) is 16.5 Å². The van der Waals surface area contributed by atoms with Gasteiger partial charge >= 0.3 is 0 Å². The first-order chi connectivity index (χ1) is 9.63. The molecule has 3 rings (SSSR count). The molecule has 0 aliphatic carbocycles. The maximum absolute atomic E-state index is 5.53. The van der Waals surface area contributed by atoms with Crippen LogP contribution >= 0.6 is 12.2 Å². The maximum atomic E-state index is 5.53. The van der Waals surface area contributed by atoms with Gasteiger partial charge in [-0.05, 0) is 32.7 Å². The molecule has 0 aromatic carbocycles. The molecule has 2 unspecified atom stereocenters. The zero-order chi connectivity index (χ0) is 14.1. The first-order valence-electron chi connectivity index (χ1n) is 7.24. The molecule has 108 valence electrons. The lowest BCUT2D eigenvalue weighted by Crippen LogP contribution is -2.52. The molecule has 2 aliphatic heterocycles. The van der Waals surface area contributed by atoms with Crippen molar-refractivity contribution in [2.24, 2.45) is 5.73 Å². The maximum Gasteiger partial charge on any atom is 0.144 e. The predicted molar refractivity (Wildman–Crippen MR) is 83.8 cm³/mol. The summed E-state index contributed by atoms with van der Waals surface area (Å²) in [7, 11) is 2.27. The van der Waals surface area contributed by atoms with Crippen molar-refractivity contribution in [2.45, 2.75) is 50.2 Å². The van der Waals surface area contributed by atoms with Crippen LogP contribution < -0.4 is 11.1 Å². The number of rotatable bonds is 3. The molecular weight excluding hydrogens is 270 g/mol. The monoisotopic (exact) mass is 291 g/mol. The van der Waals surface area contributed by atoms with Gasteiger partial charge in [-0.1, -0.05) is 18.6 Å². The number of anilines is 1. The van der Waals surface area contributed by atoms with Gasteiger partial charge < -0.3 is 16.0 Å². The van der Waals surface area contributed by atoms with Crippen LogP contribution in [0.5, 0.6) is 0 Å². The second-order valence-electron chi connectivity index (χ2n) is 5.87. The van der Waals surface area contributed by atoms with Crippen LogP contribution in [0.4, 0.5) is 5.82 Å². The van der Waals surface area contributed by atoms with E-state index in [-0.39, 0.29) is 4.99 Å². The number of piperidine rings is 2. The van der Waals surface area contributed by atoms with Crippen molar-refractivity contribution in [1.29, 1.82) is 0 Å². The number of hydrogen-bond acceptors (Lipinski definition) is 5. The molecule has 3 N–H and O–H groups in total. The van der Waals surface area contributed by atoms with Crippen LogP contribution in [-0.2, 0) is 0 Å². The zero-order valence-electron chi connectivity index (χ0n) is 11.7. The molecule has 0 spiro atoms. The van der Waals surface area contributed by atoms with E-state index in [2.05, 4.69) is 27.2 Å². The number of hydrogen-bond donors (Lipinski definition) is 2. The standard InChI is InChI=1S/C14H21N5S/c1-19-10-3-2-4-11(19)6-9(5-10)18-13-8-16-12(7-17-13)14(15)20/h7-11H,2-6H2,1H3,(H2,15,20)(H,17,18). The summed E-state index contributed by atoms with van der Waals surface area (Å²) in [5.41, 5.74) is 6.10. The van der Waals surface area contributed by atoms with E-state index in [1.165, 1.54) is 32.1 Å². The number of nitrogens with two attached hydrogens (primary N) is 1. The average Bonchev–Trinajstić information content (AvgIpc) is 2.40. The molecule has 6 heteroatoms. The van der Waals surface area contributed by atoms with Gasteiger partial charge in [0.25, 0.3) is 0 Å². The van der Waals surface area contributed by atoms with Crippen molar-refractivity contribution in [3.8, 4) is 0 Å². The Morgan fingerprint density at radius 3 is 2.55 bits per heavy atom. The van der Waals surface area contributed by atoms with Crippen molar-refractivity contribution in [1.82, 2.24) is 14.9 Å². The van der Waals surface area contributed by atoms with Gasteiger partial charge in [-0.3, -0.25) is 0 Å². The smallest absolute Gasteiger partial charge is 0.144 e. The average molecular weight is 291 g/mol. The highest BCUT2D eigenvalue weighted by Crippen LogP contribution is 2.33. The van der Waals surface area contributed by atoms with Crippen LogP contribution in [0.25, 0.3) is 0 Å². The van der Waals surface area contributed by atoms with Gasteiger partial charge in [0.15, 0.2) is 0 Å². The second kappa shape index (κ2) is 5.61. The molecule has 2 atom stereocenters. The molecular formula is C14H21N5S. The van der Waals surface area contributed by atoms with Crippen LogP contribution in [0.1, 0.15) is 37.8 Å². The van der Waals surface area contributed by atoms with Crippen LogP contribution in [0.2, 0.25) is 0 Å². The SMILES string of the molecule is CN1C2CCCC1CC(Nc1cnc(C(N)=S)cn1)C2. The Balaban J connectivity index is 1.65. The minimum Gasteiger partial charge on any atom is -0.388 e. The number of aromatic nitrogens is 2. The van der Waals surface area contributed by atoms with Crippen molar-refractivity contribution in [2.75, 3.05) is 12.4 Å². The zero-order valence-corrected chi connectivity index (χ0v) is 12.6. The Bertz CT molecular complexity index is 475. The molecule has 2 bridgehead atoms. The van der Waals surface area contributed by atoms with E-state index < -0.39 is 0 Å². The molecule has 2 saturated heterocycles.